The molecule has 0 radical (unpaired) electrons. The molecule has 6 unspecified atom stereocenters. The lowest BCUT2D eigenvalue weighted by atomic mass is 9.30. The van der Waals surface area contributed by atoms with Crippen LogP contribution in [0.25, 0.3) is 0 Å². The van der Waals surface area contributed by atoms with Crippen molar-refractivity contribution in [3.63, 3.8) is 0 Å². The van der Waals surface area contributed by atoms with Gasteiger partial charge in [0, 0.05) is 23.7 Å². The zero-order valence-corrected chi connectivity index (χ0v) is 24.2. The van der Waals surface area contributed by atoms with Gasteiger partial charge in [0.05, 0.1) is 5.41 Å². The highest BCUT2D eigenvalue weighted by Gasteiger charge is 2.81. The molecule has 6 fully saturated rings. The smallest absolute Gasteiger partial charge is 0.313 e. The van der Waals surface area contributed by atoms with Crippen LogP contribution < -0.4 is 0 Å². The minimum atomic E-state index is -0.296. The Kier molecular flexibility index (Phi) is 5.13. The first-order valence-corrected chi connectivity index (χ1v) is 15.1. The van der Waals surface area contributed by atoms with Crippen molar-refractivity contribution in [3.05, 3.63) is 0 Å². The summed E-state index contributed by atoms with van der Waals surface area (Å²) in [5.41, 5.74) is -0.155. The van der Waals surface area contributed by atoms with E-state index in [1.807, 2.05) is 0 Å². The lowest BCUT2D eigenvalue weighted by Gasteiger charge is -2.74. The Bertz CT molecular complexity index is 987. The molecule has 202 valence electrons. The Labute approximate surface area is 219 Å². The predicted octanol–water partition coefficient (Wildman–Crippen LogP) is 7.34. The van der Waals surface area contributed by atoms with Crippen LogP contribution in [0.1, 0.15) is 120 Å². The topological polar surface area (TPSA) is 52.6 Å². The average molecular weight is 499 g/mol. The molecule has 6 rings (SSSR count). The molecule has 1 heterocycles. The van der Waals surface area contributed by atoms with Crippen molar-refractivity contribution in [2.45, 2.75) is 131 Å². The number of esters is 2. The van der Waals surface area contributed by atoms with E-state index < -0.39 is 0 Å². The molecule has 5 saturated carbocycles. The molecule has 4 heteroatoms. The molecule has 4 nitrogen and oxygen atoms in total. The van der Waals surface area contributed by atoms with E-state index >= 15 is 0 Å². The fourth-order valence-electron chi connectivity index (χ4n) is 12.5. The van der Waals surface area contributed by atoms with Gasteiger partial charge in [-0.1, -0.05) is 48.5 Å². The van der Waals surface area contributed by atoms with Gasteiger partial charge in [-0.15, -0.1) is 0 Å². The second-order valence-corrected chi connectivity index (χ2v) is 15.7. The number of carbonyl (C=O) groups is 2. The first-order chi connectivity index (χ1) is 16.7. The van der Waals surface area contributed by atoms with E-state index in [4.69, 9.17) is 9.47 Å². The van der Waals surface area contributed by atoms with Gasteiger partial charge in [-0.2, -0.15) is 0 Å². The van der Waals surface area contributed by atoms with Gasteiger partial charge in [0.2, 0.25) is 0 Å². The monoisotopic (exact) mass is 498 g/mol. The lowest BCUT2D eigenvalue weighted by Crippen LogP contribution is -2.72. The molecule has 2 bridgehead atoms. The highest BCUT2D eigenvalue weighted by atomic mass is 16.6. The zero-order valence-electron chi connectivity index (χ0n) is 24.2. The quantitative estimate of drug-likeness (QED) is 0.355. The second kappa shape index (κ2) is 7.32. The average Bonchev–Trinajstić information content (AvgIpc) is 2.99. The highest BCUT2D eigenvalue weighted by molar-refractivity contribution is 5.82. The molecule has 1 saturated heterocycles. The Morgan fingerprint density at radius 1 is 0.861 bits per heavy atom. The molecule has 0 aromatic carbocycles. The van der Waals surface area contributed by atoms with E-state index in [0.717, 1.165) is 51.4 Å². The summed E-state index contributed by atoms with van der Waals surface area (Å²) in [6, 6.07) is 0. The molecule has 36 heavy (non-hydrogen) atoms. The number of rotatable bonds is 1. The number of fused-ring (bicyclic) bond motifs is 4. The molecular formula is C32H50O4. The summed E-state index contributed by atoms with van der Waals surface area (Å²) in [7, 11) is 0. The third kappa shape index (κ3) is 2.63. The van der Waals surface area contributed by atoms with Gasteiger partial charge < -0.3 is 9.47 Å². The maximum Gasteiger partial charge on any atom is 0.313 e. The first kappa shape index (κ1) is 25.2. The van der Waals surface area contributed by atoms with Crippen LogP contribution in [0, 0.1) is 56.7 Å². The normalized spacial score (nSPS) is 56.9. The van der Waals surface area contributed by atoms with E-state index in [1.165, 1.54) is 12.8 Å². The zero-order chi connectivity index (χ0) is 26.1. The summed E-state index contributed by atoms with van der Waals surface area (Å²) in [5, 5.41) is 0. The molecular weight excluding hydrogens is 448 g/mol. The predicted molar refractivity (Wildman–Crippen MR) is 140 cm³/mol. The second-order valence-electron chi connectivity index (χ2n) is 15.7. The third-order valence-corrected chi connectivity index (χ3v) is 14.6. The highest BCUT2D eigenvalue weighted by Crippen LogP contribution is 2.80. The Morgan fingerprint density at radius 2 is 1.56 bits per heavy atom. The van der Waals surface area contributed by atoms with Crippen LogP contribution in [0.4, 0.5) is 0 Å². The van der Waals surface area contributed by atoms with E-state index in [0.29, 0.717) is 29.6 Å². The van der Waals surface area contributed by atoms with Gasteiger partial charge in [-0.3, -0.25) is 9.59 Å². The largest absolute Gasteiger partial charge is 0.462 e. The van der Waals surface area contributed by atoms with Gasteiger partial charge in [-0.05, 0) is 98.7 Å². The Hall–Kier alpha value is -1.06. The Balaban J connectivity index is 1.41. The van der Waals surface area contributed by atoms with Gasteiger partial charge >= 0.3 is 11.9 Å². The number of ether oxygens (including phenoxy) is 2. The molecule has 5 aliphatic carbocycles. The molecule has 0 aromatic rings. The van der Waals surface area contributed by atoms with Crippen LogP contribution in [0.15, 0.2) is 0 Å². The van der Waals surface area contributed by atoms with Crippen molar-refractivity contribution in [3.8, 4) is 0 Å². The fourth-order valence-corrected chi connectivity index (χ4v) is 12.5. The van der Waals surface area contributed by atoms with Crippen molar-refractivity contribution < 1.29 is 19.1 Å². The lowest BCUT2D eigenvalue weighted by molar-refractivity contribution is -0.290. The molecule has 0 aromatic heterocycles. The summed E-state index contributed by atoms with van der Waals surface area (Å²) in [6.45, 7) is 18.8. The van der Waals surface area contributed by atoms with Crippen LogP contribution in [-0.4, -0.2) is 23.6 Å². The van der Waals surface area contributed by atoms with Crippen molar-refractivity contribution in [2.75, 3.05) is 0 Å². The van der Waals surface area contributed by atoms with Gasteiger partial charge in [0.15, 0.2) is 0 Å². The maximum absolute atomic E-state index is 13.8. The summed E-state index contributed by atoms with van der Waals surface area (Å²) >= 11 is 0. The molecule has 11 atom stereocenters. The van der Waals surface area contributed by atoms with Crippen LogP contribution in [0.2, 0.25) is 0 Å². The fraction of sp³-hybridized carbons (Fsp3) is 0.938. The van der Waals surface area contributed by atoms with E-state index in [-0.39, 0.29) is 50.7 Å². The van der Waals surface area contributed by atoms with Crippen molar-refractivity contribution in [1.29, 1.82) is 0 Å². The molecule has 0 N–H and O–H groups in total. The van der Waals surface area contributed by atoms with E-state index in [1.54, 1.807) is 6.92 Å². The Morgan fingerprint density at radius 3 is 2.25 bits per heavy atom. The van der Waals surface area contributed by atoms with Crippen molar-refractivity contribution in [1.82, 2.24) is 0 Å². The molecule has 1 aliphatic heterocycles. The molecule has 6 aliphatic rings. The molecule has 0 amide bonds. The van der Waals surface area contributed by atoms with Crippen molar-refractivity contribution in [2.24, 2.45) is 56.7 Å². The SMILES string of the molecule is CC(=O)OC1CC[C@@]2(C)C(CC[C@]3(C)C2CC[C@]24OC(=O)[C@@]5(CCC(C)C(C)C52)CC[C@]43C)C1(C)C. The summed E-state index contributed by atoms with van der Waals surface area (Å²) < 4.78 is 12.7. The number of hydrogen-bond acceptors (Lipinski definition) is 4. The van der Waals surface area contributed by atoms with Crippen molar-refractivity contribution >= 4 is 11.9 Å². The van der Waals surface area contributed by atoms with Crippen LogP contribution in [0.3, 0.4) is 0 Å². The van der Waals surface area contributed by atoms with E-state index in [2.05, 4.69) is 48.5 Å². The minimum Gasteiger partial charge on any atom is -0.462 e. The maximum atomic E-state index is 13.8. The first-order valence-electron chi connectivity index (χ1n) is 15.1. The number of carbonyl (C=O) groups excluding carboxylic acids is 2. The summed E-state index contributed by atoms with van der Waals surface area (Å²) in [4.78, 5) is 25.7. The van der Waals surface area contributed by atoms with Crippen LogP contribution in [-0.2, 0) is 19.1 Å². The van der Waals surface area contributed by atoms with E-state index in [9.17, 15) is 9.59 Å². The summed E-state index contributed by atoms with van der Waals surface area (Å²) in [6.07, 6.45) is 11.0. The molecule has 1 spiro atoms. The van der Waals surface area contributed by atoms with Gasteiger partial charge in [-0.25, -0.2) is 0 Å². The summed E-state index contributed by atoms with van der Waals surface area (Å²) in [5.74, 6) is 2.73. The van der Waals surface area contributed by atoms with Crippen LogP contribution >= 0.6 is 0 Å². The third-order valence-electron chi connectivity index (χ3n) is 14.6. The van der Waals surface area contributed by atoms with Crippen LogP contribution in [0.5, 0.6) is 0 Å². The standard InChI is InChI=1S/C32H50O4/c1-19-9-15-31-18-17-30(8)29(7)14-10-22-27(4,5)24(35-21(3)33)12-13-28(22,6)23(29)11-16-32(30,36-26(31)34)25(31)20(19)2/h19-20,22-25H,9-18H2,1-8H3/t19?,20?,22?,23?,24?,25?,28-,29+,30-,31-,32-/m0/s1. The van der Waals surface area contributed by atoms with Gasteiger partial charge in [0.1, 0.15) is 11.7 Å². The number of hydrogen-bond donors (Lipinski definition) is 0. The minimum absolute atomic E-state index is 0.0126. The van der Waals surface area contributed by atoms with Gasteiger partial charge in [0.25, 0.3) is 0 Å².